The topological polar surface area (TPSA) is 47.0 Å². The van der Waals surface area contributed by atoms with Crippen LogP contribution in [0.1, 0.15) is 19.5 Å². The molecule has 2 rings (SSSR count). The van der Waals surface area contributed by atoms with Crippen molar-refractivity contribution in [1.29, 1.82) is 0 Å². The maximum Gasteiger partial charge on any atom is 0.142 e. The van der Waals surface area contributed by atoms with E-state index in [4.69, 9.17) is 4.74 Å². The highest BCUT2D eigenvalue weighted by atomic mass is 16.5. The minimum Gasteiger partial charge on any atom is -0.491 e. The van der Waals surface area contributed by atoms with E-state index in [1.54, 1.807) is 12.5 Å². The predicted molar refractivity (Wildman–Crippen MR) is 76.1 cm³/mol. The minimum atomic E-state index is 0.509. The number of hydrogen-bond donors (Lipinski definition) is 1. The van der Waals surface area contributed by atoms with E-state index < -0.39 is 0 Å². The number of benzene rings is 1. The molecule has 0 aliphatic heterocycles. The maximum atomic E-state index is 5.79. The molecule has 0 amide bonds. The molecule has 0 spiro atoms. The van der Waals surface area contributed by atoms with Crippen molar-refractivity contribution in [1.82, 2.24) is 9.97 Å². The second-order valence-electron chi connectivity index (χ2n) is 4.76. The summed E-state index contributed by atoms with van der Waals surface area (Å²) in [5, 5.41) is 3.34. The van der Waals surface area contributed by atoms with Crippen LogP contribution in [-0.2, 0) is 6.54 Å². The summed E-state index contributed by atoms with van der Waals surface area (Å²) in [6, 6.07) is 9.85. The van der Waals surface area contributed by atoms with Crippen molar-refractivity contribution in [2.75, 3.05) is 11.9 Å². The van der Waals surface area contributed by atoms with Gasteiger partial charge in [0.1, 0.15) is 12.1 Å². The molecule has 0 unspecified atom stereocenters. The van der Waals surface area contributed by atoms with Gasteiger partial charge in [-0.25, -0.2) is 9.97 Å². The molecule has 0 saturated carbocycles. The average Bonchev–Trinajstić information content (AvgIpc) is 2.45. The van der Waals surface area contributed by atoms with Gasteiger partial charge in [0.25, 0.3) is 0 Å². The summed E-state index contributed by atoms with van der Waals surface area (Å²) in [7, 11) is 0. The Balaban J connectivity index is 1.99. The highest BCUT2D eigenvalue weighted by molar-refractivity contribution is 5.56. The van der Waals surface area contributed by atoms with Crippen molar-refractivity contribution in [2.24, 2.45) is 5.92 Å². The van der Waals surface area contributed by atoms with Crippen LogP contribution in [0.15, 0.2) is 42.9 Å². The molecule has 4 heteroatoms. The van der Waals surface area contributed by atoms with Gasteiger partial charge in [-0.1, -0.05) is 26.0 Å². The lowest BCUT2D eigenvalue weighted by Crippen LogP contribution is -2.08. The van der Waals surface area contributed by atoms with E-state index in [1.807, 2.05) is 30.3 Å². The summed E-state index contributed by atoms with van der Waals surface area (Å²) in [6.45, 7) is 5.64. The first-order valence-corrected chi connectivity index (χ1v) is 6.46. The van der Waals surface area contributed by atoms with Crippen molar-refractivity contribution in [3.05, 3.63) is 48.5 Å². The molecule has 1 N–H and O–H groups in total. The quantitative estimate of drug-likeness (QED) is 0.863. The van der Waals surface area contributed by atoms with Gasteiger partial charge in [-0.05, 0) is 24.1 Å². The van der Waals surface area contributed by atoms with Crippen LogP contribution in [0.5, 0.6) is 5.75 Å². The summed E-state index contributed by atoms with van der Waals surface area (Å²) in [6.07, 6.45) is 3.30. The van der Waals surface area contributed by atoms with Gasteiger partial charge >= 0.3 is 0 Å². The fourth-order valence-corrected chi connectivity index (χ4v) is 1.60. The number of ether oxygens (including phenoxy) is 1. The smallest absolute Gasteiger partial charge is 0.142 e. The normalized spacial score (nSPS) is 10.5. The van der Waals surface area contributed by atoms with E-state index in [0.29, 0.717) is 19.1 Å². The third-order valence-corrected chi connectivity index (χ3v) is 2.56. The van der Waals surface area contributed by atoms with E-state index in [0.717, 1.165) is 17.1 Å². The number of aromatic nitrogens is 2. The van der Waals surface area contributed by atoms with Crippen LogP contribution in [0.2, 0.25) is 0 Å². The van der Waals surface area contributed by atoms with Gasteiger partial charge in [-0.2, -0.15) is 0 Å². The van der Waals surface area contributed by atoms with Crippen molar-refractivity contribution >= 4 is 5.69 Å². The van der Waals surface area contributed by atoms with Crippen LogP contribution in [0.3, 0.4) is 0 Å². The second-order valence-corrected chi connectivity index (χ2v) is 4.76. The zero-order valence-corrected chi connectivity index (χ0v) is 11.3. The third kappa shape index (κ3) is 4.25. The Morgan fingerprint density at radius 2 is 2.05 bits per heavy atom. The van der Waals surface area contributed by atoms with Crippen LogP contribution in [0, 0.1) is 5.92 Å². The summed E-state index contributed by atoms with van der Waals surface area (Å²) >= 11 is 0. The van der Waals surface area contributed by atoms with Gasteiger partial charge in [-0.15, -0.1) is 0 Å². The van der Waals surface area contributed by atoms with E-state index in [-0.39, 0.29) is 0 Å². The number of anilines is 1. The maximum absolute atomic E-state index is 5.79. The van der Waals surface area contributed by atoms with Crippen LogP contribution >= 0.6 is 0 Å². The van der Waals surface area contributed by atoms with Gasteiger partial charge in [0.05, 0.1) is 24.5 Å². The fourth-order valence-electron chi connectivity index (χ4n) is 1.60. The van der Waals surface area contributed by atoms with Crippen LogP contribution in [-0.4, -0.2) is 16.6 Å². The molecule has 19 heavy (non-hydrogen) atoms. The van der Waals surface area contributed by atoms with Crippen molar-refractivity contribution in [3.8, 4) is 5.75 Å². The molecule has 1 aromatic heterocycles. The highest BCUT2D eigenvalue weighted by Gasteiger charge is 2.04. The summed E-state index contributed by atoms with van der Waals surface area (Å²) in [5.74, 6) is 1.39. The van der Waals surface area contributed by atoms with Gasteiger partial charge in [0.2, 0.25) is 0 Å². The van der Waals surface area contributed by atoms with E-state index in [2.05, 4.69) is 29.1 Å². The largest absolute Gasteiger partial charge is 0.491 e. The van der Waals surface area contributed by atoms with Crippen molar-refractivity contribution in [2.45, 2.75) is 20.4 Å². The molecule has 0 radical (unpaired) electrons. The molecule has 0 aliphatic carbocycles. The minimum absolute atomic E-state index is 0.509. The Bertz CT molecular complexity index is 500. The molecule has 100 valence electrons. The van der Waals surface area contributed by atoms with Gasteiger partial charge in [0.15, 0.2) is 0 Å². The summed E-state index contributed by atoms with van der Waals surface area (Å²) < 4.78 is 5.79. The molecule has 0 fully saturated rings. The second kappa shape index (κ2) is 6.73. The van der Waals surface area contributed by atoms with Gasteiger partial charge in [-0.3, -0.25) is 0 Å². The first-order chi connectivity index (χ1) is 9.25. The van der Waals surface area contributed by atoms with E-state index in [1.165, 1.54) is 0 Å². The van der Waals surface area contributed by atoms with E-state index >= 15 is 0 Å². The number of rotatable bonds is 6. The zero-order chi connectivity index (χ0) is 13.5. The SMILES string of the molecule is CC(C)COc1ccccc1NCc1ccncn1. The first kappa shape index (κ1) is 13.3. The van der Waals surface area contributed by atoms with Gasteiger partial charge < -0.3 is 10.1 Å². The Hall–Kier alpha value is -2.10. The molecular formula is C15H19N3O. The Kier molecular flexibility index (Phi) is 4.72. The van der Waals surface area contributed by atoms with Gasteiger partial charge in [0, 0.05) is 6.20 Å². The van der Waals surface area contributed by atoms with Crippen LogP contribution < -0.4 is 10.1 Å². The Labute approximate surface area is 113 Å². The standard InChI is InChI=1S/C15H19N3O/c1-12(2)10-19-15-6-4-3-5-14(15)17-9-13-7-8-16-11-18-13/h3-8,11-12,17H,9-10H2,1-2H3. The van der Waals surface area contributed by atoms with Crippen molar-refractivity contribution < 1.29 is 4.74 Å². The summed E-state index contributed by atoms with van der Waals surface area (Å²) in [5.41, 5.74) is 1.94. The molecule has 1 aromatic carbocycles. The monoisotopic (exact) mass is 257 g/mol. The molecule has 0 bridgehead atoms. The lowest BCUT2D eigenvalue weighted by molar-refractivity contribution is 0.272. The first-order valence-electron chi connectivity index (χ1n) is 6.46. The lowest BCUT2D eigenvalue weighted by Gasteiger charge is -2.14. The highest BCUT2D eigenvalue weighted by Crippen LogP contribution is 2.24. The number of nitrogens with one attached hydrogen (secondary N) is 1. The molecule has 1 heterocycles. The average molecular weight is 257 g/mol. The molecule has 0 aliphatic rings. The molecular weight excluding hydrogens is 238 g/mol. The number of para-hydroxylation sites is 2. The number of nitrogens with zero attached hydrogens (tertiary/aromatic N) is 2. The molecule has 0 atom stereocenters. The predicted octanol–water partition coefficient (Wildman–Crippen LogP) is 3.12. The van der Waals surface area contributed by atoms with Crippen molar-refractivity contribution in [3.63, 3.8) is 0 Å². The third-order valence-electron chi connectivity index (χ3n) is 2.56. The summed E-state index contributed by atoms with van der Waals surface area (Å²) in [4.78, 5) is 8.09. The zero-order valence-electron chi connectivity index (χ0n) is 11.3. The van der Waals surface area contributed by atoms with E-state index in [9.17, 15) is 0 Å². The van der Waals surface area contributed by atoms with Crippen LogP contribution in [0.25, 0.3) is 0 Å². The van der Waals surface area contributed by atoms with Crippen LogP contribution in [0.4, 0.5) is 5.69 Å². The Morgan fingerprint density at radius 1 is 1.21 bits per heavy atom. The molecule has 4 nitrogen and oxygen atoms in total. The fraction of sp³-hybridized carbons (Fsp3) is 0.333. The molecule has 2 aromatic rings. The lowest BCUT2D eigenvalue weighted by atomic mass is 10.2. The molecule has 0 saturated heterocycles. The Morgan fingerprint density at radius 3 is 2.79 bits per heavy atom. The number of hydrogen-bond acceptors (Lipinski definition) is 4.